The molecule has 0 bridgehead atoms. The summed E-state index contributed by atoms with van der Waals surface area (Å²) in [5, 5.41) is 11.1. The molecule has 0 aliphatic carbocycles. The largest absolute Gasteiger partial charge is 0.462 e. The maximum Gasteiger partial charge on any atom is 0.396 e. The highest BCUT2D eigenvalue weighted by molar-refractivity contribution is 6.37. The summed E-state index contributed by atoms with van der Waals surface area (Å²) < 4.78 is 4.30. The number of rotatable bonds is 4. The van der Waals surface area contributed by atoms with E-state index in [4.69, 9.17) is 5.11 Å². The molecule has 0 unspecified atom stereocenters. The van der Waals surface area contributed by atoms with E-state index < -0.39 is 11.9 Å². The van der Waals surface area contributed by atoms with Gasteiger partial charge in [-0.2, -0.15) is 0 Å². The molecule has 0 aromatic heterocycles. The zero-order chi connectivity index (χ0) is 12.7. The predicted molar refractivity (Wildman–Crippen MR) is 62.5 cm³/mol. The van der Waals surface area contributed by atoms with Crippen LogP contribution in [0.2, 0.25) is 0 Å². The Bertz CT molecular complexity index is 403. The molecule has 17 heavy (non-hydrogen) atoms. The molecule has 0 fully saturated rings. The monoisotopic (exact) mass is 237 g/mol. The van der Waals surface area contributed by atoms with Crippen LogP contribution in [0.25, 0.3) is 0 Å². The van der Waals surface area contributed by atoms with E-state index in [1.165, 1.54) is 0 Å². The minimum absolute atomic E-state index is 0.124. The van der Waals surface area contributed by atoms with E-state index in [1.54, 1.807) is 18.2 Å². The number of aryl methyl sites for hydroxylation is 1. The van der Waals surface area contributed by atoms with Crippen molar-refractivity contribution < 1.29 is 19.4 Å². The Labute approximate surface area is 99.4 Å². The van der Waals surface area contributed by atoms with E-state index in [9.17, 15) is 9.59 Å². The standard InChI is InChI=1S/C12H15NO4/c1-17-12(16)11(15)13-10-6-2-4-9(8-10)5-3-7-14/h2,4,6,8,14H,3,5,7H2,1H3,(H,13,15). The number of aliphatic hydroxyl groups is 1. The Morgan fingerprint density at radius 1 is 1.41 bits per heavy atom. The molecule has 1 amide bonds. The molecule has 0 radical (unpaired) electrons. The smallest absolute Gasteiger partial charge is 0.396 e. The number of hydrogen-bond donors (Lipinski definition) is 2. The average molecular weight is 237 g/mol. The van der Waals surface area contributed by atoms with Gasteiger partial charge in [-0.1, -0.05) is 12.1 Å². The maximum absolute atomic E-state index is 11.2. The summed E-state index contributed by atoms with van der Waals surface area (Å²) in [7, 11) is 1.15. The fourth-order valence-corrected chi connectivity index (χ4v) is 1.36. The molecule has 0 aliphatic rings. The molecular formula is C12H15NO4. The van der Waals surface area contributed by atoms with Gasteiger partial charge in [-0.25, -0.2) is 4.79 Å². The zero-order valence-electron chi connectivity index (χ0n) is 9.60. The number of carbonyl (C=O) groups is 2. The second kappa shape index (κ2) is 6.65. The molecule has 5 nitrogen and oxygen atoms in total. The topological polar surface area (TPSA) is 75.6 Å². The number of esters is 1. The number of ether oxygens (including phenoxy) is 1. The van der Waals surface area contributed by atoms with Crippen molar-refractivity contribution in [2.75, 3.05) is 19.0 Å². The van der Waals surface area contributed by atoms with Crippen molar-refractivity contribution in [1.29, 1.82) is 0 Å². The van der Waals surface area contributed by atoms with Gasteiger partial charge in [0.05, 0.1) is 7.11 Å². The number of benzene rings is 1. The van der Waals surface area contributed by atoms with Crippen LogP contribution in [0.15, 0.2) is 24.3 Å². The molecular weight excluding hydrogens is 222 g/mol. The quantitative estimate of drug-likeness (QED) is 0.597. The lowest BCUT2D eigenvalue weighted by atomic mass is 10.1. The van der Waals surface area contributed by atoms with Crippen LogP contribution in [0.1, 0.15) is 12.0 Å². The lowest BCUT2D eigenvalue weighted by Gasteiger charge is -2.05. The third kappa shape index (κ3) is 4.24. The second-order valence-electron chi connectivity index (χ2n) is 3.47. The fourth-order valence-electron chi connectivity index (χ4n) is 1.36. The number of nitrogens with one attached hydrogen (secondary N) is 1. The first-order valence-electron chi connectivity index (χ1n) is 5.26. The van der Waals surface area contributed by atoms with Crippen LogP contribution < -0.4 is 5.32 Å². The minimum Gasteiger partial charge on any atom is -0.462 e. The molecule has 1 rings (SSSR count). The highest BCUT2D eigenvalue weighted by Gasteiger charge is 2.13. The first-order chi connectivity index (χ1) is 8.17. The lowest BCUT2D eigenvalue weighted by Crippen LogP contribution is -2.23. The van der Waals surface area contributed by atoms with E-state index in [0.717, 1.165) is 19.1 Å². The molecule has 0 saturated heterocycles. The highest BCUT2D eigenvalue weighted by atomic mass is 16.5. The third-order valence-corrected chi connectivity index (χ3v) is 2.18. The van der Waals surface area contributed by atoms with E-state index in [1.807, 2.05) is 6.07 Å². The molecule has 2 N–H and O–H groups in total. The van der Waals surface area contributed by atoms with Crippen LogP contribution in [-0.4, -0.2) is 30.7 Å². The summed E-state index contributed by atoms with van der Waals surface area (Å²) in [5.41, 5.74) is 1.53. The van der Waals surface area contributed by atoms with E-state index in [0.29, 0.717) is 12.1 Å². The molecule has 0 aliphatic heterocycles. The van der Waals surface area contributed by atoms with Gasteiger partial charge < -0.3 is 15.2 Å². The predicted octanol–water partition coefficient (Wildman–Crippen LogP) is 0.723. The number of methoxy groups -OCH3 is 1. The summed E-state index contributed by atoms with van der Waals surface area (Å²) in [5.74, 6) is -1.72. The van der Waals surface area contributed by atoms with E-state index in [-0.39, 0.29) is 6.61 Å². The van der Waals surface area contributed by atoms with Crippen molar-refractivity contribution in [2.24, 2.45) is 0 Å². The Kier molecular flexibility index (Phi) is 5.16. The van der Waals surface area contributed by atoms with Gasteiger partial charge in [-0.05, 0) is 30.5 Å². The number of amides is 1. The van der Waals surface area contributed by atoms with Crippen molar-refractivity contribution in [2.45, 2.75) is 12.8 Å². The first-order valence-corrected chi connectivity index (χ1v) is 5.26. The molecule has 0 atom stereocenters. The van der Waals surface area contributed by atoms with Gasteiger partial charge >= 0.3 is 11.9 Å². The summed E-state index contributed by atoms with van der Waals surface area (Å²) in [6.45, 7) is 0.124. The first kappa shape index (κ1) is 13.2. The maximum atomic E-state index is 11.2. The number of hydrogen-bond acceptors (Lipinski definition) is 4. The van der Waals surface area contributed by atoms with Crippen LogP contribution in [0.5, 0.6) is 0 Å². The summed E-state index contributed by atoms with van der Waals surface area (Å²) >= 11 is 0. The van der Waals surface area contributed by atoms with Gasteiger partial charge in [0.2, 0.25) is 0 Å². The van der Waals surface area contributed by atoms with Crippen molar-refractivity contribution in [1.82, 2.24) is 0 Å². The SMILES string of the molecule is COC(=O)C(=O)Nc1cccc(CCCO)c1. The van der Waals surface area contributed by atoms with Crippen LogP contribution in [0.4, 0.5) is 5.69 Å². The van der Waals surface area contributed by atoms with Gasteiger partial charge in [-0.15, -0.1) is 0 Å². The minimum atomic E-state index is -0.925. The normalized spacial score (nSPS) is 9.76. The molecule has 0 heterocycles. The molecule has 92 valence electrons. The van der Waals surface area contributed by atoms with Crippen molar-refractivity contribution >= 4 is 17.6 Å². The van der Waals surface area contributed by atoms with Crippen LogP contribution in [0, 0.1) is 0 Å². The lowest BCUT2D eigenvalue weighted by molar-refractivity contribution is -0.150. The summed E-state index contributed by atoms with van der Waals surface area (Å²) in [6, 6.07) is 7.11. The van der Waals surface area contributed by atoms with Gasteiger partial charge in [0, 0.05) is 12.3 Å². The zero-order valence-corrected chi connectivity index (χ0v) is 9.60. The van der Waals surface area contributed by atoms with Crippen LogP contribution in [0.3, 0.4) is 0 Å². The highest BCUT2D eigenvalue weighted by Crippen LogP contribution is 2.12. The molecule has 5 heteroatoms. The van der Waals surface area contributed by atoms with Crippen LogP contribution >= 0.6 is 0 Å². The summed E-state index contributed by atoms with van der Waals surface area (Å²) in [4.78, 5) is 22.1. The van der Waals surface area contributed by atoms with Gasteiger partial charge in [0.1, 0.15) is 0 Å². The Morgan fingerprint density at radius 2 is 2.18 bits per heavy atom. The Balaban J connectivity index is 2.65. The molecule has 0 spiro atoms. The number of carbonyl (C=O) groups excluding carboxylic acids is 2. The molecule has 0 saturated carbocycles. The Morgan fingerprint density at radius 3 is 2.82 bits per heavy atom. The molecule has 1 aromatic carbocycles. The van der Waals surface area contributed by atoms with E-state index in [2.05, 4.69) is 10.1 Å². The van der Waals surface area contributed by atoms with Gasteiger partial charge in [-0.3, -0.25) is 4.79 Å². The number of aliphatic hydroxyl groups excluding tert-OH is 1. The second-order valence-corrected chi connectivity index (χ2v) is 3.47. The van der Waals surface area contributed by atoms with Gasteiger partial charge in [0.25, 0.3) is 0 Å². The fraction of sp³-hybridized carbons (Fsp3) is 0.333. The van der Waals surface area contributed by atoms with Crippen LogP contribution in [-0.2, 0) is 20.7 Å². The van der Waals surface area contributed by atoms with Crippen molar-refractivity contribution in [3.63, 3.8) is 0 Å². The summed E-state index contributed by atoms with van der Waals surface area (Å²) in [6.07, 6.45) is 1.38. The Hall–Kier alpha value is -1.88. The number of anilines is 1. The van der Waals surface area contributed by atoms with Crippen molar-refractivity contribution in [3.8, 4) is 0 Å². The third-order valence-electron chi connectivity index (χ3n) is 2.18. The average Bonchev–Trinajstić information content (AvgIpc) is 2.35. The molecule has 1 aromatic rings. The van der Waals surface area contributed by atoms with Gasteiger partial charge in [0.15, 0.2) is 0 Å². The van der Waals surface area contributed by atoms with E-state index >= 15 is 0 Å². The van der Waals surface area contributed by atoms with Crippen molar-refractivity contribution in [3.05, 3.63) is 29.8 Å².